The highest BCUT2D eigenvalue weighted by Gasteiger charge is 2.63. The lowest BCUT2D eigenvalue weighted by Crippen LogP contribution is -2.39. The van der Waals surface area contributed by atoms with Gasteiger partial charge in [-0.3, -0.25) is 4.79 Å². The van der Waals surface area contributed by atoms with Crippen LogP contribution in [0, 0.1) is 11.3 Å². The Bertz CT molecular complexity index is 325. The standard InChI is InChI=1S/C14H22O2/c1-5-10(15)6-7-11-13(2,3)9-8-12-14(11,4)16-12/h6-7,11-12H,5,8-9H2,1-4H3/b7-6+/t11-,12-,14+/m0/s1. The number of rotatable bonds is 3. The Kier molecular flexibility index (Phi) is 2.73. The van der Waals surface area contributed by atoms with Gasteiger partial charge in [-0.1, -0.05) is 26.8 Å². The van der Waals surface area contributed by atoms with Crippen LogP contribution in [0.15, 0.2) is 12.2 Å². The van der Waals surface area contributed by atoms with E-state index in [0.29, 0.717) is 18.4 Å². The first-order chi connectivity index (χ1) is 7.40. The maximum Gasteiger partial charge on any atom is 0.155 e. The van der Waals surface area contributed by atoms with Gasteiger partial charge in [0.2, 0.25) is 0 Å². The van der Waals surface area contributed by atoms with Gasteiger partial charge in [0, 0.05) is 12.3 Å². The molecule has 1 saturated heterocycles. The van der Waals surface area contributed by atoms with Gasteiger partial charge in [0.25, 0.3) is 0 Å². The average Bonchev–Trinajstić information content (AvgIpc) is 2.87. The van der Waals surface area contributed by atoms with E-state index in [1.165, 1.54) is 6.42 Å². The number of epoxide rings is 1. The van der Waals surface area contributed by atoms with Gasteiger partial charge in [-0.05, 0) is 31.3 Å². The molecule has 0 aromatic heterocycles. The first-order valence-electron chi connectivity index (χ1n) is 6.29. The van der Waals surface area contributed by atoms with Crippen molar-refractivity contribution < 1.29 is 9.53 Å². The van der Waals surface area contributed by atoms with Gasteiger partial charge in [0.05, 0.1) is 11.7 Å². The molecular formula is C14H22O2. The Balaban J connectivity index is 2.16. The highest BCUT2D eigenvalue weighted by atomic mass is 16.6. The lowest BCUT2D eigenvalue weighted by molar-refractivity contribution is -0.114. The topological polar surface area (TPSA) is 29.6 Å². The second kappa shape index (κ2) is 3.69. The van der Waals surface area contributed by atoms with Crippen molar-refractivity contribution in [1.82, 2.24) is 0 Å². The molecule has 0 bridgehead atoms. The first-order valence-corrected chi connectivity index (χ1v) is 6.29. The van der Waals surface area contributed by atoms with Crippen molar-refractivity contribution in [2.75, 3.05) is 0 Å². The fraction of sp³-hybridized carbons (Fsp3) is 0.786. The van der Waals surface area contributed by atoms with Crippen LogP contribution in [0.5, 0.6) is 0 Å². The van der Waals surface area contributed by atoms with Gasteiger partial charge >= 0.3 is 0 Å². The minimum atomic E-state index is -0.00767. The van der Waals surface area contributed by atoms with E-state index in [0.717, 1.165) is 6.42 Å². The summed E-state index contributed by atoms with van der Waals surface area (Å²) in [7, 11) is 0. The fourth-order valence-electron chi connectivity index (χ4n) is 3.10. The third-order valence-corrected chi connectivity index (χ3v) is 4.31. The Hall–Kier alpha value is -0.630. The third kappa shape index (κ3) is 1.84. The van der Waals surface area contributed by atoms with Crippen molar-refractivity contribution in [1.29, 1.82) is 0 Å². The van der Waals surface area contributed by atoms with Gasteiger partial charge in [-0.15, -0.1) is 0 Å². The molecule has 1 aliphatic carbocycles. The lowest BCUT2D eigenvalue weighted by Gasteiger charge is -2.38. The average molecular weight is 222 g/mol. The highest BCUT2D eigenvalue weighted by Crippen LogP contribution is 2.58. The van der Waals surface area contributed by atoms with Gasteiger partial charge in [-0.2, -0.15) is 0 Å². The number of fused-ring (bicyclic) bond motifs is 1. The normalized spacial score (nSPS) is 40.8. The molecule has 0 aromatic carbocycles. The van der Waals surface area contributed by atoms with Gasteiger partial charge < -0.3 is 4.74 Å². The summed E-state index contributed by atoms with van der Waals surface area (Å²) in [6.07, 6.45) is 7.20. The number of ketones is 1. The van der Waals surface area contributed by atoms with Gasteiger partial charge in [0.1, 0.15) is 0 Å². The highest BCUT2D eigenvalue weighted by molar-refractivity contribution is 5.89. The zero-order valence-electron chi connectivity index (χ0n) is 10.7. The van der Waals surface area contributed by atoms with E-state index in [1.54, 1.807) is 6.08 Å². The molecule has 0 unspecified atom stereocenters. The molecule has 1 aliphatic heterocycles. The minimum Gasteiger partial charge on any atom is -0.366 e. The van der Waals surface area contributed by atoms with Crippen molar-refractivity contribution in [2.24, 2.45) is 11.3 Å². The maximum atomic E-state index is 11.4. The molecule has 0 N–H and O–H groups in total. The molecule has 0 spiro atoms. The monoisotopic (exact) mass is 222 g/mol. The molecule has 0 aromatic rings. The lowest BCUT2D eigenvalue weighted by atomic mass is 9.64. The van der Waals surface area contributed by atoms with E-state index >= 15 is 0 Å². The van der Waals surface area contributed by atoms with Crippen molar-refractivity contribution in [2.45, 2.75) is 58.7 Å². The summed E-state index contributed by atoms with van der Waals surface area (Å²) < 4.78 is 5.82. The Morgan fingerprint density at radius 3 is 2.75 bits per heavy atom. The summed E-state index contributed by atoms with van der Waals surface area (Å²) in [5, 5.41) is 0. The first kappa shape index (κ1) is 11.8. The molecule has 3 atom stereocenters. The molecule has 0 radical (unpaired) electrons. The van der Waals surface area contributed by atoms with Crippen LogP contribution in [-0.4, -0.2) is 17.5 Å². The van der Waals surface area contributed by atoms with Crippen LogP contribution in [0.25, 0.3) is 0 Å². The van der Waals surface area contributed by atoms with Crippen molar-refractivity contribution in [3.63, 3.8) is 0 Å². The van der Waals surface area contributed by atoms with Crippen molar-refractivity contribution in [3.05, 3.63) is 12.2 Å². The predicted molar refractivity (Wildman–Crippen MR) is 64.2 cm³/mol. The third-order valence-electron chi connectivity index (χ3n) is 4.31. The molecule has 2 heteroatoms. The number of hydrogen-bond donors (Lipinski definition) is 0. The Morgan fingerprint density at radius 1 is 1.44 bits per heavy atom. The molecule has 16 heavy (non-hydrogen) atoms. The van der Waals surface area contributed by atoms with Crippen LogP contribution in [0.3, 0.4) is 0 Å². The van der Waals surface area contributed by atoms with Crippen molar-refractivity contribution >= 4 is 5.78 Å². The Labute approximate surface area is 98.1 Å². The molecule has 1 saturated carbocycles. The van der Waals surface area contributed by atoms with E-state index in [4.69, 9.17) is 4.74 Å². The van der Waals surface area contributed by atoms with Crippen LogP contribution in [0.2, 0.25) is 0 Å². The largest absolute Gasteiger partial charge is 0.366 e. The van der Waals surface area contributed by atoms with E-state index in [1.807, 2.05) is 6.92 Å². The number of hydrogen-bond acceptors (Lipinski definition) is 2. The van der Waals surface area contributed by atoms with E-state index < -0.39 is 0 Å². The van der Waals surface area contributed by atoms with Crippen LogP contribution in [-0.2, 0) is 9.53 Å². The number of carbonyl (C=O) groups is 1. The summed E-state index contributed by atoms with van der Waals surface area (Å²) in [5.41, 5.74) is 0.235. The smallest absolute Gasteiger partial charge is 0.155 e. The van der Waals surface area contributed by atoms with E-state index in [2.05, 4.69) is 26.8 Å². The van der Waals surface area contributed by atoms with Crippen LogP contribution in [0.4, 0.5) is 0 Å². The summed E-state index contributed by atoms with van der Waals surface area (Å²) in [6, 6.07) is 0. The van der Waals surface area contributed by atoms with E-state index in [9.17, 15) is 4.79 Å². The molecular weight excluding hydrogens is 200 g/mol. The van der Waals surface area contributed by atoms with Gasteiger partial charge in [0.15, 0.2) is 5.78 Å². The molecule has 90 valence electrons. The summed E-state index contributed by atoms with van der Waals surface area (Å²) in [4.78, 5) is 11.4. The predicted octanol–water partition coefficient (Wildman–Crippen LogP) is 3.12. The number of carbonyl (C=O) groups excluding carboxylic acids is 1. The Morgan fingerprint density at radius 2 is 2.12 bits per heavy atom. The second-order valence-electron chi connectivity index (χ2n) is 5.97. The molecule has 0 amide bonds. The fourth-order valence-corrected chi connectivity index (χ4v) is 3.10. The van der Waals surface area contributed by atoms with E-state index in [-0.39, 0.29) is 16.8 Å². The van der Waals surface area contributed by atoms with Crippen LogP contribution < -0.4 is 0 Å². The zero-order chi connectivity index (χ0) is 12.0. The minimum absolute atomic E-state index is 0.00767. The van der Waals surface area contributed by atoms with Gasteiger partial charge in [-0.25, -0.2) is 0 Å². The molecule has 1 heterocycles. The number of allylic oxidation sites excluding steroid dienone is 1. The number of ether oxygens (including phenoxy) is 1. The molecule has 2 rings (SSSR count). The second-order valence-corrected chi connectivity index (χ2v) is 5.97. The molecule has 2 aliphatic rings. The summed E-state index contributed by atoms with van der Waals surface area (Å²) in [5.74, 6) is 0.580. The maximum absolute atomic E-state index is 11.4. The quantitative estimate of drug-likeness (QED) is 0.542. The summed E-state index contributed by atoms with van der Waals surface area (Å²) in [6.45, 7) is 8.64. The zero-order valence-corrected chi connectivity index (χ0v) is 10.7. The SMILES string of the molecule is CCC(=O)/C=C/[C@H]1C(C)(C)CC[C@@H]2O[C@@]21C. The molecule has 2 fully saturated rings. The van der Waals surface area contributed by atoms with Crippen LogP contribution >= 0.6 is 0 Å². The summed E-state index contributed by atoms with van der Waals surface area (Å²) >= 11 is 0. The molecule has 2 nitrogen and oxygen atoms in total. The van der Waals surface area contributed by atoms with Crippen molar-refractivity contribution in [3.8, 4) is 0 Å². The van der Waals surface area contributed by atoms with Crippen LogP contribution in [0.1, 0.15) is 47.0 Å².